The van der Waals surface area contributed by atoms with Crippen molar-refractivity contribution < 1.29 is 14.3 Å². The molecule has 246 valence electrons. The molecule has 1 amide bonds. The second-order valence-corrected chi connectivity index (χ2v) is 14.1. The number of nitrogens with zero attached hydrogens (tertiary/aromatic N) is 5. The zero-order valence-electron chi connectivity index (χ0n) is 27.3. The Morgan fingerprint density at radius 2 is 1.89 bits per heavy atom. The summed E-state index contributed by atoms with van der Waals surface area (Å²) in [5.41, 5.74) is 3.11. The fourth-order valence-electron chi connectivity index (χ4n) is 8.13. The van der Waals surface area contributed by atoms with Crippen LogP contribution in [0.3, 0.4) is 0 Å². The monoisotopic (exact) mass is 639 g/mol. The van der Waals surface area contributed by atoms with Gasteiger partial charge in [-0.2, -0.15) is 0 Å². The van der Waals surface area contributed by atoms with Crippen molar-refractivity contribution in [3.63, 3.8) is 0 Å². The fraction of sp³-hybridized carbons (Fsp3) is 0.472. The summed E-state index contributed by atoms with van der Waals surface area (Å²) in [6.07, 6.45) is 11.4. The van der Waals surface area contributed by atoms with Crippen LogP contribution in [0.2, 0.25) is 0 Å². The molecule has 3 aliphatic rings. The van der Waals surface area contributed by atoms with Gasteiger partial charge in [-0.05, 0) is 86.1 Å². The number of hydrogen-bond donors (Lipinski definition) is 3. The van der Waals surface area contributed by atoms with Gasteiger partial charge in [0, 0.05) is 53.4 Å². The van der Waals surface area contributed by atoms with E-state index in [1.54, 1.807) is 29.4 Å². The van der Waals surface area contributed by atoms with Gasteiger partial charge in [-0.1, -0.05) is 27.2 Å². The molecule has 10 nitrogen and oxygen atoms in total. The number of aromatic nitrogens is 5. The van der Waals surface area contributed by atoms with E-state index in [4.69, 9.17) is 0 Å². The normalized spacial score (nSPS) is 22.7. The fourth-order valence-corrected chi connectivity index (χ4v) is 8.13. The Kier molecular flexibility index (Phi) is 7.98. The van der Waals surface area contributed by atoms with Crippen molar-refractivity contribution in [2.75, 3.05) is 23.4 Å². The third-order valence-electron chi connectivity index (χ3n) is 11.1. The number of halogens is 1. The molecule has 7 rings (SSSR count). The minimum atomic E-state index is -0.688. The highest BCUT2D eigenvalue weighted by Gasteiger charge is 2.46. The van der Waals surface area contributed by atoms with Gasteiger partial charge >= 0.3 is 0 Å². The second-order valence-electron chi connectivity index (χ2n) is 14.1. The maximum Gasteiger partial charge on any atom is 0.279 e. The van der Waals surface area contributed by atoms with Crippen LogP contribution in [0.5, 0.6) is 0 Å². The number of hydrogen-bond acceptors (Lipinski definition) is 7. The first kappa shape index (κ1) is 31.2. The van der Waals surface area contributed by atoms with Crippen molar-refractivity contribution in [2.45, 2.75) is 84.1 Å². The molecule has 0 radical (unpaired) electrons. The van der Waals surface area contributed by atoms with E-state index in [2.05, 4.69) is 46.0 Å². The van der Waals surface area contributed by atoms with Crippen LogP contribution >= 0.6 is 0 Å². The summed E-state index contributed by atoms with van der Waals surface area (Å²) in [5.74, 6) is 0.462. The van der Waals surface area contributed by atoms with Crippen LogP contribution in [0, 0.1) is 17.2 Å². The van der Waals surface area contributed by atoms with Crippen molar-refractivity contribution in [2.24, 2.45) is 11.3 Å². The summed E-state index contributed by atoms with van der Waals surface area (Å²) >= 11 is 0. The van der Waals surface area contributed by atoms with Crippen molar-refractivity contribution in [3.05, 3.63) is 81.8 Å². The molecule has 0 spiro atoms. The number of aromatic amines is 1. The summed E-state index contributed by atoms with van der Waals surface area (Å²) in [6, 6.07) is 7.15. The van der Waals surface area contributed by atoms with Gasteiger partial charge in [-0.25, -0.2) is 19.3 Å². The molecule has 47 heavy (non-hydrogen) atoms. The van der Waals surface area contributed by atoms with E-state index in [-0.39, 0.29) is 29.0 Å². The molecule has 4 aromatic heterocycles. The van der Waals surface area contributed by atoms with E-state index in [0.29, 0.717) is 54.7 Å². The third kappa shape index (κ3) is 5.34. The molecule has 1 aliphatic heterocycles. The number of H-pyrrole nitrogens is 1. The van der Waals surface area contributed by atoms with E-state index >= 15 is 4.39 Å². The zero-order valence-corrected chi connectivity index (χ0v) is 27.3. The van der Waals surface area contributed by atoms with Crippen LogP contribution in [0.25, 0.3) is 11.1 Å². The Morgan fingerprint density at radius 3 is 2.66 bits per heavy atom. The summed E-state index contributed by atoms with van der Waals surface area (Å²) in [7, 11) is 0. The molecule has 0 bridgehead atoms. The van der Waals surface area contributed by atoms with Crippen molar-refractivity contribution >= 4 is 23.2 Å². The van der Waals surface area contributed by atoms with Crippen LogP contribution in [-0.2, 0) is 24.8 Å². The molecule has 0 aromatic carbocycles. The summed E-state index contributed by atoms with van der Waals surface area (Å²) in [6.45, 7) is 7.44. The molecule has 2 atom stereocenters. The Balaban J connectivity index is 1.33. The van der Waals surface area contributed by atoms with Crippen LogP contribution in [-0.4, -0.2) is 48.7 Å². The van der Waals surface area contributed by atoms with E-state index in [1.165, 1.54) is 6.33 Å². The second kappa shape index (κ2) is 12.0. The number of carbonyl (C=O) groups is 1. The van der Waals surface area contributed by atoms with Crippen molar-refractivity contribution in [1.29, 1.82) is 0 Å². The number of anilines is 3. The van der Waals surface area contributed by atoms with Crippen LogP contribution < -0.4 is 15.8 Å². The molecule has 4 aromatic rings. The number of aliphatic hydroxyl groups is 1. The highest BCUT2D eigenvalue weighted by Crippen LogP contribution is 2.52. The SMILES string of the molecule is CC(C)C1(C)CCCC(CO)(c2[nH]c(=O)c(Nc3ccncn3)cc2-c2ccnc(N3CCn4c5c(c(F)c4C3=O)CCCC5)c2)C1. The minimum absolute atomic E-state index is 0.0329. The Morgan fingerprint density at radius 1 is 1.06 bits per heavy atom. The molecule has 2 aliphatic carbocycles. The van der Waals surface area contributed by atoms with Gasteiger partial charge in [0.05, 0.1) is 6.61 Å². The number of rotatable bonds is 7. The quantitative estimate of drug-likeness (QED) is 0.229. The number of aliphatic hydroxyl groups excluding tert-OH is 1. The smallest absolute Gasteiger partial charge is 0.279 e. The average Bonchev–Trinajstić information content (AvgIpc) is 3.38. The lowest BCUT2D eigenvalue weighted by atomic mass is 9.57. The molecular weight excluding hydrogens is 597 g/mol. The number of amides is 1. The minimum Gasteiger partial charge on any atom is -0.395 e. The standard InChI is InChI=1S/C36H42FN7O3/c1-22(2)35(3)11-6-12-36(19-35,20-45)32-25(18-26(33(46)42-32)41-28-10-13-38-21-40-28)23-9-14-39-29(17-23)44-16-15-43-27-8-5-4-7-24(27)30(37)31(43)34(44)47/h9-10,13-14,17-18,21-22,45H,4-8,11-12,15-16,19-20H2,1-3H3,(H,42,46)(H,38,40,41). The summed E-state index contributed by atoms with van der Waals surface area (Å²) in [5, 5.41) is 14.2. The number of pyridine rings is 2. The molecule has 1 saturated carbocycles. The van der Waals surface area contributed by atoms with E-state index in [1.807, 2.05) is 16.7 Å². The Hall–Kier alpha value is -4.38. The first-order valence-corrected chi connectivity index (χ1v) is 16.7. The van der Waals surface area contributed by atoms with Crippen LogP contribution in [0.4, 0.5) is 21.7 Å². The van der Waals surface area contributed by atoms with Crippen molar-refractivity contribution in [3.8, 4) is 11.1 Å². The molecule has 3 N–H and O–H groups in total. The molecule has 1 fully saturated rings. The molecule has 2 unspecified atom stereocenters. The Bertz CT molecular complexity index is 1890. The largest absolute Gasteiger partial charge is 0.395 e. The molecular formula is C36H42FN7O3. The lowest BCUT2D eigenvalue weighted by molar-refractivity contribution is 0.0425. The predicted octanol–water partition coefficient (Wildman–Crippen LogP) is 5.92. The predicted molar refractivity (Wildman–Crippen MR) is 178 cm³/mol. The van der Waals surface area contributed by atoms with Crippen LogP contribution in [0.15, 0.2) is 47.8 Å². The maximum atomic E-state index is 15.6. The van der Waals surface area contributed by atoms with Crippen molar-refractivity contribution in [1.82, 2.24) is 24.5 Å². The van der Waals surface area contributed by atoms with E-state index in [0.717, 1.165) is 55.3 Å². The Labute approximate surface area is 273 Å². The summed E-state index contributed by atoms with van der Waals surface area (Å²) in [4.78, 5) is 45.1. The zero-order chi connectivity index (χ0) is 32.9. The lowest BCUT2D eigenvalue weighted by Gasteiger charge is -2.48. The molecule has 5 heterocycles. The number of fused-ring (bicyclic) bond motifs is 3. The molecule has 11 heteroatoms. The maximum absolute atomic E-state index is 15.6. The van der Waals surface area contributed by atoms with Gasteiger partial charge in [0.1, 0.15) is 29.3 Å². The number of carbonyl (C=O) groups excluding carboxylic acids is 1. The highest BCUT2D eigenvalue weighted by atomic mass is 19.1. The van der Waals surface area contributed by atoms with Gasteiger partial charge in [0.25, 0.3) is 11.5 Å². The van der Waals surface area contributed by atoms with Gasteiger partial charge in [0.2, 0.25) is 0 Å². The highest BCUT2D eigenvalue weighted by molar-refractivity contribution is 6.06. The average molecular weight is 640 g/mol. The van der Waals surface area contributed by atoms with Gasteiger partial charge < -0.3 is 20.0 Å². The summed E-state index contributed by atoms with van der Waals surface area (Å²) < 4.78 is 17.5. The first-order valence-electron chi connectivity index (χ1n) is 16.7. The first-order chi connectivity index (χ1) is 22.6. The number of nitrogens with one attached hydrogen (secondary N) is 2. The van der Waals surface area contributed by atoms with Gasteiger partial charge in [-0.15, -0.1) is 0 Å². The molecule has 0 saturated heterocycles. The van der Waals surface area contributed by atoms with Gasteiger partial charge in [0.15, 0.2) is 5.82 Å². The van der Waals surface area contributed by atoms with E-state index in [9.17, 15) is 14.7 Å². The third-order valence-corrected chi connectivity index (χ3v) is 11.1. The van der Waals surface area contributed by atoms with E-state index < -0.39 is 17.1 Å². The lowest BCUT2D eigenvalue weighted by Crippen LogP contribution is -2.44. The van der Waals surface area contributed by atoms with Crippen LogP contribution in [0.1, 0.15) is 86.7 Å². The van der Waals surface area contributed by atoms with Gasteiger partial charge in [-0.3, -0.25) is 14.5 Å². The topological polar surface area (TPSA) is 129 Å².